The predicted molar refractivity (Wildman–Crippen MR) is 70.2 cm³/mol. The Kier molecular flexibility index (Phi) is 5.48. The fourth-order valence-corrected chi connectivity index (χ4v) is 1.40. The molecule has 4 N–H and O–H groups in total. The summed E-state index contributed by atoms with van der Waals surface area (Å²) in [6, 6.07) is 2.01. The molecule has 1 unspecified atom stereocenters. The summed E-state index contributed by atoms with van der Waals surface area (Å²) in [5.41, 5.74) is 5.63. The average Bonchev–Trinajstić information content (AvgIpc) is 2.26. The lowest BCUT2D eigenvalue weighted by atomic mass is 10.3. The number of nitrogens with two attached hydrogens (primary N) is 1. The van der Waals surface area contributed by atoms with Gasteiger partial charge in [-0.15, -0.1) is 0 Å². The number of aromatic nitrogens is 2. The highest BCUT2D eigenvalue weighted by Gasteiger charge is 2.05. The lowest BCUT2D eigenvalue weighted by molar-refractivity contribution is 0.141. The lowest BCUT2D eigenvalue weighted by Crippen LogP contribution is -2.22. The number of ether oxygens (including phenoxy) is 1. The van der Waals surface area contributed by atoms with Crippen molar-refractivity contribution in [1.29, 1.82) is 0 Å². The maximum Gasteiger partial charge on any atom is 0.223 e. The van der Waals surface area contributed by atoms with Gasteiger partial charge in [0.05, 0.1) is 6.61 Å². The van der Waals surface area contributed by atoms with Crippen LogP contribution in [0.2, 0.25) is 0 Å². The SMILES string of the molecule is CCNc1cc(NC(C)COCC)nc(N)n1. The van der Waals surface area contributed by atoms with Gasteiger partial charge in [-0.3, -0.25) is 0 Å². The zero-order valence-corrected chi connectivity index (χ0v) is 10.7. The maximum absolute atomic E-state index is 5.63. The van der Waals surface area contributed by atoms with Gasteiger partial charge < -0.3 is 21.1 Å². The molecule has 0 aliphatic carbocycles. The summed E-state index contributed by atoms with van der Waals surface area (Å²) in [4.78, 5) is 8.20. The second kappa shape index (κ2) is 6.90. The van der Waals surface area contributed by atoms with Crippen LogP contribution in [0.15, 0.2) is 6.07 Å². The molecule has 0 aliphatic heterocycles. The van der Waals surface area contributed by atoms with E-state index in [1.165, 1.54) is 0 Å². The van der Waals surface area contributed by atoms with Crippen LogP contribution in [0, 0.1) is 0 Å². The van der Waals surface area contributed by atoms with Crippen LogP contribution in [-0.4, -0.2) is 35.8 Å². The van der Waals surface area contributed by atoms with Crippen LogP contribution in [-0.2, 0) is 4.74 Å². The molecular formula is C11H21N5O. The second-order valence-corrected chi connectivity index (χ2v) is 3.73. The van der Waals surface area contributed by atoms with Crippen molar-refractivity contribution >= 4 is 17.6 Å². The number of nitrogen functional groups attached to an aromatic ring is 1. The molecule has 17 heavy (non-hydrogen) atoms. The first-order valence-electron chi connectivity index (χ1n) is 5.88. The maximum atomic E-state index is 5.63. The highest BCUT2D eigenvalue weighted by atomic mass is 16.5. The molecule has 1 atom stereocenters. The third-order valence-corrected chi connectivity index (χ3v) is 2.07. The monoisotopic (exact) mass is 239 g/mol. The Labute approximate surface area is 102 Å². The summed E-state index contributed by atoms with van der Waals surface area (Å²) in [5.74, 6) is 1.70. The standard InChI is InChI=1S/C11H21N5O/c1-4-13-9-6-10(16-11(12)15-9)14-8(3)7-17-5-2/h6,8H,4-5,7H2,1-3H3,(H4,12,13,14,15,16). The molecule has 0 saturated carbocycles. The van der Waals surface area contributed by atoms with Gasteiger partial charge in [-0.1, -0.05) is 0 Å². The number of nitrogens with one attached hydrogen (secondary N) is 2. The normalized spacial score (nSPS) is 12.2. The van der Waals surface area contributed by atoms with Gasteiger partial charge in [0.25, 0.3) is 0 Å². The van der Waals surface area contributed by atoms with E-state index in [4.69, 9.17) is 10.5 Å². The van der Waals surface area contributed by atoms with Crippen molar-refractivity contribution in [3.63, 3.8) is 0 Å². The van der Waals surface area contributed by atoms with Crippen molar-refractivity contribution in [3.8, 4) is 0 Å². The van der Waals surface area contributed by atoms with Crippen LogP contribution in [0.3, 0.4) is 0 Å². The summed E-state index contributed by atoms with van der Waals surface area (Å²) >= 11 is 0. The smallest absolute Gasteiger partial charge is 0.223 e. The fraction of sp³-hybridized carbons (Fsp3) is 0.636. The van der Waals surface area contributed by atoms with Crippen LogP contribution in [0.4, 0.5) is 17.6 Å². The van der Waals surface area contributed by atoms with E-state index in [0.29, 0.717) is 19.0 Å². The molecule has 1 heterocycles. The van der Waals surface area contributed by atoms with Crippen LogP contribution in [0.25, 0.3) is 0 Å². The van der Waals surface area contributed by atoms with E-state index < -0.39 is 0 Å². The summed E-state index contributed by atoms with van der Waals surface area (Å²) in [6.07, 6.45) is 0. The van der Waals surface area contributed by atoms with Crippen LogP contribution >= 0.6 is 0 Å². The Morgan fingerprint density at radius 3 is 2.71 bits per heavy atom. The first kappa shape index (κ1) is 13.5. The quantitative estimate of drug-likeness (QED) is 0.665. The van der Waals surface area contributed by atoms with Crippen LogP contribution in [0.5, 0.6) is 0 Å². The lowest BCUT2D eigenvalue weighted by Gasteiger charge is -2.15. The van der Waals surface area contributed by atoms with Crippen LogP contribution in [0.1, 0.15) is 20.8 Å². The van der Waals surface area contributed by atoms with Crippen molar-refractivity contribution in [2.45, 2.75) is 26.8 Å². The van der Waals surface area contributed by atoms with Crippen molar-refractivity contribution in [3.05, 3.63) is 6.07 Å². The summed E-state index contributed by atoms with van der Waals surface area (Å²) < 4.78 is 5.32. The largest absolute Gasteiger partial charge is 0.380 e. The molecule has 0 fully saturated rings. The number of anilines is 3. The molecule has 0 aromatic carbocycles. The van der Waals surface area contributed by atoms with Crippen molar-refractivity contribution in [2.75, 3.05) is 36.1 Å². The summed E-state index contributed by atoms with van der Waals surface area (Å²) in [6.45, 7) is 8.14. The van der Waals surface area contributed by atoms with E-state index in [-0.39, 0.29) is 12.0 Å². The van der Waals surface area contributed by atoms with Gasteiger partial charge in [0.2, 0.25) is 5.95 Å². The summed E-state index contributed by atoms with van der Waals surface area (Å²) in [5, 5.41) is 6.32. The first-order valence-corrected chi connectivity index (χ1v) is 5.88. The topological polar surface area (TPSA) is 85.1 Å². The molecule has 0 radical (unpaired) electrons. The van der Waals surface area contributed by atoms with Gasteiger partial charge in [-0.25, -0.2) is 0 Å². The Hall–Kier alpha value is -1.56. The van der Waals surface area contributed by atoms with Gasteiger partial charge in [0.15, 0.2) is 0 Å². The minimum absolute atomic E-state index is 0.179. The Morgan fingerprint density at radius 2 is 2.06 bits per heavy atom. The number of hydrogen-bond donors (Lipinski definition) is 3. The molecule has 1 aromatic heterocycles. The van der Waals surface area contributed by atoms with Gasteiger partial charge >= 0.3 is 0 Å². The third kappa shape index (κ3) is 4.86. The highest BCUT2D eigenvalue weighted by molar-refractivity contribution is 5.51. The molecule has 0 amide bonds. The molecule has 6 heteroatoms. The van der Waals surface area contributed by atoms with Crippen LogP contribution < -0.4 is 16.4 Å². The first-order chi connectivity index (χ1) is 8.15. The fourth-order valence-electron chi connectivity index (χ4n) is 1.40. The van der Waals surface area contributed by atoms with Crippen molar-refractivity contribution in [2.24, 2.45) is 0 Å². The summed E-state index contributed by atoms with van der Waals surface area (Å²) in [7, 11) is 0. The molecule has 96 valence electrons. The van der Waals surface area contributed by atoms with Gasteiger partial charge in [0, 0.05) is 25.3 Å². The zero-order chi connectivity index (χ0) is 12.7. The Morgan fingerprint density at radius 1 is 1.35 bits per heavy atom. The van der Waals surface area contributed by atoms with E-state index in [0.717, 1.165) is 12.4 Å². The molecule has 0 aliphatic rings. The molecule has 0 spiro atoms. The van der Waals surface area contributed by atoms with E-state index in [2.05, 4.69) is 20.6 Å². The minimum atomic E-state index is 0.179. The highest BCUT2D eigenvalue weighted by Crippen LogP contribution is 2.13. The van der Waals surface area contributed by atoms with E-state index >= 15 is 0 Å². The van der Waals surface area contributed by atoms with Crippen molar-refractivity contribution < 1.29 is 4.74 Å². The van der Waals surface area contributed by atoms with E-state index in [1.54, 1.807) is 0 Å². The molecule has 1 rings (SSSR count). The molecular weight excluding hydrogens is 218 g/mol. The molecule has 6 nitrogen and oxygen atoms in total. The second-order valence-electron chi connectivity index (χ2n) is 3.73. The number of nitrogens with zero attached hydrogens (tertiary/aromatic N) is 2. The minimum Gasteiger partial charge on any atom is -0.380 e. The number of hydrogen-bond acceptors (Lipinski definition) is 6. The predicted octanol–water partition coefficient (Wildman–Crippen LogP) is 1.33. The molecule has 0 saturated heterocycles. The van der Waals surface area contributed by atoms with E-state index in [1.807, 2.05) is 26.8 Å². The van der Waals surface area contributed by atoms with Gasteiger partial charge in [-0.2, -0.15) is 9.97 Å². The van der Waals surface area contributed by atoms with E-state index in [9.17, 15) is 0 Å². The molecule has 0 bridgehead atoms. The third-order valence-electron chi connectivity index (χ3n) is 2.07. The average molecular weight is 239 g/mol. The number of rotatable bonds is 7. The van der Waals surface area contributed by atoms with Gasteiger partial charge in [-0.05, 0) is 20.8 Å². The Balaban J connectivity index is 2.63. The van der Waals surface area contributed by atoms with Gasteiger partial charge in [0.1, 0.15) is 11.6 Å². The van der Waals surface area contributed by atoms with Crippen molar-refractivity contribution in [1.82, 2.24) is 9.97 Å². The molecule has 1 aromatic rings. The Bertz CT molecular complexity index is 345. The zero-order valence-electron chi connectivity index (χ0n) is 10.7.